The second kappa shape index (κ2) is 6.28. The lowest BCUT2D eigenvalue weighted by atomic mass is 10.3. The lowest BCUT2D eigenvalue weighted by Gasteiger charge is -2.17. The summed E-state index contributed by atoms with van der Waals surface area (Å²) in [4.78, 5) is 0. The standard InChI is InChI=1S/C12H16I2O2/c1-7(2)15-10-6-5-9(13)12(11(10)14)16-8(3)4/h5-8H,1-4H3. The molecule has 0 aliphatic rings. The van der Waals surface area contributed by atoms with Crippen LogP contribution >= 0.6 is 45.2 Å². The molecule has 0 N–H and O–H groups in total. The van der Waals surface area contributed by atoms with Crippen molar-refractivity contribution in [2.45, 2.75) is 39.9 Å². The summed E-state index contributed by atoms with van der Waals surface area (Å²) in [6, 6.07) is 4.02. The summed E-state index contributed by atoms with van der Waals surface area (Å²) < 4.78 is 13.7. The van der Waals surface area contributed by atoms with Gasteiger partial charge in [-0.25, -0.2) is 0 Å². The molecule has 90 valence electrons. The fourth-order valence-corrected chi connectivity index (χ4v) is 3.02. The molecule has 0 spiro atoms. The van der Waals surface area contributed by atoms with Crippen LogP contribution in [0.4, 0.5) is 0 Å². The Kier molecular flexibility index (Phi) is 5.63. The van der Waals surface area contributed by atoms with E-state index in [1.807, 2.05) is 39.8 Å². The lowest BCUT2D eigenvalue weighted by molar-refractivity contribution is 0.224. The van der Waals surface area contributed by atoms with Gasteiger partial charge in [0.2, 0.25) is 0 Å². The highest BCUT2D eigenvalue weighted by Gasteiger charge is 2.14. The van der Waals surface area contributed by atoms with Crippen molar-refractivity contribution in [1.82, 2.24) is 0 Å². The Morgan fingerprint density at radius 1 is 0.938 bits per heavy atom. The molecule has 0 radical (unpaired) electrons. The van der Waals surface area contributed by atoms with Crippen molar-refractivity contribution in [3.63, 3.8) is 0 Å². The molecule has 0 fully saturated rings. The van der Waals surface area contributed by atoms with Crippen LogP contribution in [0.2, 0.25) is 0 Å². The van der Waals surface area contributed by atoms with E-state index in [1.165, 1.54) is 0 Å². The van der Waals surface area contributed by atoms with Gasteiger partial charge in [-0.2, -0.15) is 0 Å². The Morgan fingerprint density at radius 2 is 1.50 bits per heavy atom. The quantitative estimate of drug-likeness (QED) is 0.636. The van der Waals surface area contributed by atoms with Crippen LogP contribution in [0.3, 0.4) is 0 Å². The van der Waals surface area contributed by atoms with E-state index < -0.39 is 0 Å². The van der Waals surface area contributed by atoms with E-state index in [0.717, 1.165) is 18.6 Å². The van der Waals surface area contributed by atoms with Crippen LogP contribution in [0.25, 0.3) is 0 Å². The molecule has 0 bridgehead atoms. The van der Waals surface area contributed by atoms with Gasteiger partial charge in [0.15, 0.2) is 0 Å². The summed E-state index contributed by atoms with van der Waals surface area (Å²) in [6.07, 6.45) is 0.358. The third-order valence-corrected chi connectivity index (χ3v) is 3.60. The van der Waals surface area contributed by atoms with E-state index >= 15 is 0 Å². The molecule has 0 amide bonds. The molecule has 16 heavy (non-hydrogen) atoms. The van der Waals surface area contributed by atoms with Crippen molar-refractivity contribution in [2.24, 2.45) is 0 Å². The Morgan fingerprint density at radius 3 is 2.00 bits per heavy atom. The second-order valence-corrected chi connectivity index (χ2v) is 6.26. The Labute approximate surface area is 124 Å². The van der Waals surface area contributed by atoms with Crippen molar-refractivity contribution in [3.05, 3.63) is 19.3 Å². The molecule has 2 nitrogen and oxygen atoms in total. The minimum atomic E-state index is 0.177. The topological polar surface area (TPSA) is 18.5 Å². The molecule has 0 heterocycles. The summed E-state index contributed by atoms with van der Waals surface area (Å²) in [7, 11) is 0. The fourth-order valence-electron chi connectivity index (χ4n) is 1.20. The van der Waals surface area contributed by atoms with Crippen LogP contribution in [-0.2, 0) is 0 Å². The predicted octanol–water partition coefficient (Wildman–Crippen LogP) is 4.47. The Balaban J connectivity index is 3.06. The molecule has 1 aromatic rings. The number of halogens is 2. The first-order valence-corrected chi connectivity index (χ1v) is 7.39. The zero-order valence-electron chi connectivity index (χ0n) is 9.88. The van der Waals surface area contributed by atoms with Crippen LogP contribution < -0.4 is 9.47 Å². The van der Waals surface area contributed by atoms with Gasteiger partial charge in [0.1, 0.15) is 11.5 Å². The van der Waals surface area contributed by atoms with E-state index in [-0.39, 0.29) is 12.2 Å². The molecule has 0 saturated heterocycles. The lowest BCUT2D eigenvalue weighted by Crippen LogP contribution is -2.11. The van der Waals surface area contributed by atoms with Crippen LogP contribution in [0.5, 0.6) is 11.5 Å². The first-order valence-electron chi connectivity index (χ1n) is 5.23. The summed E-state index contributed by atoms with van der Waals surface area (Å²) in [5.41, 5.74) is 0. The SMILES string of the molecule is CC(C)Oc1ccc(I)c(OC(C)C)c1I. The van der Waals surface area contributed by atoms with E-state index in [4.69, 9.17) is 9.47 Å². The number of hydrogen-bond acceptors (Lipinski definition) is 2. The summed E-state index contributed by atoms with van der Waals surface area (Å²) >= 11 is 4.56. The molecule has 0 saturated carbocycles. The van der Waals surface area contributed by atoms with Crippen molar-refractivity contribution in [2.75, 3.05) is 0 Å². The maximum atomic E-state index is 5.80. The van der Waals surface area contributed by atoms with Gasteiger partial charge in [-0.05, 0) is 85.0 Å². The van der Waals surface area contributed by atoms with Crippen molar-refractivity contribution < 1.29 is 9.47 Å². The van der Waals surface area contributed by atoms with Crippen LogP contribution in [0.1, 0.15) is 27.7 Å². The third kappa shape index (κ3) is 3.94. The monoisotopic (exact) mass is 446 g/mol. The van der Waals surface area contributed by atoms with Crippen LogP contribution in [0.15, 0.2) is 12.1 Å². The van der Waals surface area contributed by atoms with Crippen LogP contribution in [0, 0.1) is 7.14 Å². The average molecular weight is 446 g/mol. The third-order valence-electron chi connectivity index (χ3n) is 1.73. The van der Waals surface area contributed by atoms with Gasteiger partial charge in [-0.1, -0.05) is 0 Å². The van der Waals surface area contributed by atoms with Crippen LogP contribution in [-0.4, -0.2) is 12.2 Å². The Bertz CT molecular complexity index is 362. The minimum absolute atomic E-state index is 0.177. The molecule has 0 unspecified atom stereocenters. The van der Waals surface area contributed by atoms with E-state index in [0.29, 0.717) is 0 Å². The van der Waals surface area contributed by atoms with Crippen molar-refractivity contribution >= 4 is 45.2 Å². The Hall–Kier alpha value is 0.280. The summed E-state index contributed by atoms with van der Waals surface area (Å²) in [6.45, 7) is 8.11. The van der Waals surface area contributed by atoms with Gasteiger partial charge >= 0.3 is 0 Å². The molecule has 0 aromatic heterocycles. The second-order valence-electron chi connectivity index (χ2n) is 4.02. The summed E-state index contributed by atoms with van der Waals surface area (Å²) in [5, 5.41) is 0. The minimum Gasteiger partial charge on any atom is -0.490 e. The molecule has 1 aromatic carbocycles. The first-order chi connectivity index (χ1) is 7.41. The normalized spacial score (nSPS) is 11.0. The van der Waals surface area contributed by atoms with Gasteiger partial charge in [0.05, 0.1) is 19.3 Å². The average Bonchev–Trinajstić information content (AvgIpc) is 2.16. The highest BCUT2D eigenvalue weighted by molar-refractivity contribution is 14.1. The zero-order valence-corrected chi connectivity index (χ0v) is 14.2. The maximum absolute atomic E-state index is 5.80. The molecular formula is C12H16I2O2. The molecule has 0 atom stereocenters. The van der Waals surface area contributed by atoms with Gasteiger partial charge in [-0.3, -0.25) is 0 Å². The molecule has 0 aliphatic heterocycles. The largest absolute Gasteiger partial charge is 0.490 e. The maximum Gasteiger partial charge on any atom is 0.150 e. The zero-order chi connectivity index (χ0) is 12.3. The highest BCUT2D eigenvalue weighted by atomic mass is 127. The van der Waals surface area contributed by atoms with Gasteiger partial charge in [0, 0.05) is 0 Å². The predicted molar refractivity (Wildman–Crippen MR) is 83.4 cm³/mol. The molecule has 0 aliphatic carbocycles. The molecule has 1 rings (SSSR count). The molecular weight excluding hydrogens is 430 g/mol. The molecule has 4 heteroatoms. The van der Waals surface area contributed by atoms with Gasteiger partial charge in [-0.15, -0.1) is 0 Å². The van der Waals surface area contributed by atoms with E-state index in [2.05, 4.69) is 45.2 Å². The first kappa shape index (κ1) is 14.3. The number of benzene rings is 1. The highest BCUT2D eigenvalue weighted by Crippen LogP contribution is 2.35. The smallest absolute Gasteiger partial charge is 0.150 e. The number of ether oxygens (including phenoxy) is 2. The van der Waals surface area contributed by atoms with Gasteiger partial charge < -0.3 is 9.47 Å². The van der Waals surface area contributed by atoms with Crippen molar-refractivity contribution in [3.8, 4) is 11.5 Å². The van der Waals surface area contributed by atoms with Crippen molar-refractivity contribution in [1.29, 1.82) is 0 Å². The number of hydrogen-bond donors (Lipinski definition) is 0. The van der Waals surface area contributed by atoms with E-state index in [9.17, 15) is 0 Å². The fraction of sp³-hybridized carbons (Fsp3) is 0.500. The number of rotatable bonds is 4. The van der Waals surface area contributed by atoms with Gasteiger partial charge in [0.25, 0.3) is 0 Å². The summed E-state index contributed by atoms with van der Waals surface area (Å²) in [5.74, 6) is 1.82. The van der Waals surface area contributed by atoms with E-state index in [1.54, 1.807) is 0 Å².